The fourth-order valence-electron chi connectivity index (χ4n) is 3.31. The third-order valence-electron chi connectivity index (χ3n) is 4.98. The summed E-state index contributed by atoms with van der Waals surface area (Å²) in [7, 11) is -1.99. The normalized spacial score (nSPS) is 12.2. The van der Waals surface area contributed by atoms with Gasteiger partial charge in [0.2, 0.25) is 0 Å². The van der Waals surface area contributed by atoms with Crippen molar-refractivity contribution in [2.24, 2.45) is 7.05 Å². The Labute approximate surface area is 192 Å². The van der Waals surface area contributed by atoms with E-state index in [0.717, 1.165) is 0 Å². The molecule has 1 aromatic carbocycles. The van der Waals surface area contributed by atoms with Gasteiger partial charge in [0.05, 0.1) is 22.5 Å². The molecule has 3 heterocycles. The summed E-state index contributed by atoms with van der Waals surface area (Å²) >= 11 is 0. The van der Waals surface area contributed by atoms with Crippen LogP contribution in [0.3, 0.4) is 0 Å². The molecule has 4 aromatic rings. The summed E-state index contributed by atoms with van der Waals surface area (Å²) in [6, 6.07) is 8.26. The number of sulfone groups is 1. The second-order valence-corrected chi connectivity index (χ2v) is 9.50. The number of ether oxygens (including phenoxy) is 1. The van der Waals surface area contributed by atoms with E-state index in [4.69, 9.17) is 0 Å². The van der Waals surface area contributed by atoms with Crippen LogP contribution < -0.4 is 4.74 Å². The maximum atomic E-state index is 12.8. The summed E-state index contributed by atoms with van der Waals surface area (Å²) in [6.45, 7) is 3.24. The van der Waals surface area contributed by atoms with E-state index in [-0.39, 0.29) is 27.9 Å². The summed E-state index contributed by atoms with van der Waals surface area (Å²) in [5, 5.41) is 4.21. The molecule has 0 radical (unpaired) electrons. The summed E-state index contributed by atoms with van der Waals surface area (Å²) in [5.74, 6) is 0.639. The molecule has 0 unspecified atom stereocenters. The molecular formula is C21H19F3N6O3S. The highest BCUT2D eigenvalue weighted by atomic mass is 32.2. The lowest BCUT2D eigenvalue weighted by molar-refractivity contribution is -0.274. The summed E-state index contributed by atoms with van der Waals surface area (Å²) in [5.41, 5.74) is 1.22. The Morgan fingerprint density at radius 2 is 1.76 bits per heavy atom. The lowest BCUT2D eigenvalue weighted by atomic mass is 10.1. The van der Waals surface area contributed by atoms with Gasteiger partial charge in [0, 0.05) is 12.6 Å². The number of imidazole rings is 1. The third kappa shape index (κ3) is 4.64. The number of benzene rings is 1. The predicted octanol–water partition coefficient (Wildman–Crippen LogP) is 3.73. The third-order valence-corrected chi connectivity index (χ3v) is 6.74. The largest absolute Gasteiger partial charge is 0.573 e. The van der Waals surface area contributed by atoms with Crippen LogP contribution in [0.1, 0.15) is 12.7 Å². The molecule has 34 heavy (non-hydrogen) atoms. The van der Waals surface area contributed by atoms with Crippen LogP contribution in [0.15, 0.2) is 53.8 Å². The number of aryl methyl sites for hydroxylation is 1. The summed E-state index contributed by atoms with van der Waals surface area (Å²) in [6.07, 6.45) is -1.84. The van der Waals surface area contributed by atoms with Crippen LogP contribution in [-0.4, -0.2) is 49.8 Å². The molecule has 0 spiro atoms. The van der Waals surface area contributed by atoms with E-state index in [9.17, 15) is 21.6 Å². The van der Waals surface area contributed by atoms with Gasteiger partial charge in [-0.1, -0.05) is 6.92 Å². The molecule has 0 atom stereocenters. The average Bonchev–Trinajstić information content (AvgIpc) is 3.38. The number of pyridine rings is 1. The van der Waals surface area contributed by atoms with Gasteiger partial charge in [0.15, 0.2) is 21.5 Å². The van der Waals surface area contributed by atoms with Crippen LogP contribution in [0.4, 0.5) is 13.2 Å². The molecule has 0 amide bonds. The predicted molar refractivity (Wildman–Crippen MR) is 116 cm³/mol. The fraction of sp³-hybridized carbons (Fsp3) is 0.238. The van der Waals surface area contributed by atoms with E-state index in [1.807, 2.05) is 0 Å². The lowest BCUT2D eigenvalue weighted by Gasteiger charge is -2.12. The second kappa shape index (κ2) is 8.56. The summed E-state index contributed by atoms with van der Waals surface area (Å²) < 4.78 is 69.8. The zero-order valence-electron chi connectivity index (χ0n) is 18.3. The minimum atomic E-state index is -4.79. The van der Waals surface area contributed by atoms with E-state index in [2.05, 4.69) is 24.8 Å². The topological polar surface area (TPSA) is 105 Å². The van der Waals surface area contributed by atoms with Crippen molar-refractivity contribution in [2.45, 2.75) is 25.1 Å². The molecule has 3 aromatic heterocycles. The zero-order valence-corrected chi connectivity index (χ0v) is 19.1. The fourth-order valence-corrected chi connectivity index (χ4v) is 4.33. The van der Waals surface area contributed by atoms with Crippen molar-refractivity contribution in [1.29, 1.82) is 0 Å². The Morgan fingerprint density at radius 3 is 2.35 bits per heavy atom. The highest BCUT2D eigenvalue weighted by Crippen LogP contribution is 2.31. The van der Waals surface area contributed by atoms with Crippen molar-refractivity contribution >= 4 is 9.84 Å². The molecular weight excluding hydrogens is 473 g/mol. The maximum Gasteiger partial charge on any atom is 0.573 e. The van der Waals surface area contributed by atoms with Crippen molar-refractivity contribution in [3.8, 4) is 34.3 Å². The van der Waals surface area contributed by atoms with Gasteiger partial charge >= 0.3 is 6.36 Å². The number of rotatable bonds is 6. The van der Waals surface area contributed by atoms with E-state index in [0.29, 0.717) is 22.9 Å². The van der Waals surface area contributed by atoms with Crippen LogP contribution >= 0.6 is 0 Å². The smallest absolute Gasteiger partial charge is 0.406 e. The Morgan fingerprint density at radius 1 is 1.06 bits per heavy atom. The van der Waals surface area contributed by atoms with Gasteiger partial charge in [0.1, 0.15) is 23.6 Å². The van der Waals surface area contributed by atoms with Gasteiger partial charge in [-0.05, 0) is 43.3 Å². The second-order valence-electron chi connectivity index (χ2n) is 7.25. The molecule has 9 nitrogen and oxygen atoms in total. The van der Waals surface area contributed by atoms with Gasteiger partial charge in [-0.2, -0.15) is 5.10 Å². The van der Waals surface area contributed by atoms with E-state index in [1.54, 1.807) is 18.5 Å². The van der Waals surface area contributed by atoms with Gasteiger partial charge in [0.25, 0.3) is 0 Å². The first-order valence-corrected chi connectivity index (χ1v) is 11.6. The minimum absolute atomic E-state index is 0.00441. The molecule has 178 valence electrons. The molecule has 0 aliphatic rings. The minimum Gasteiger partial charge on any atom is -0.406 e. The van der Waals surface area contributed by atoms with Crippen molar-refractivity contribution in [3.05, 3.63) is 54.7 Å². The molecule has 0 saturated carbocycles. The van der Waals surface area contributed by atoms with Crippen molar-refractivity contribution in [2.75, 3.05) is 5.75 Å². The number of hydrogen-bond donors (Lipinski definition) is 0. The average molecular weight is 492 g/mol. The molecule has 4 rings (SSSR count). The van der Waals surface area contributed by atoms with Crippen LogP contribution in [0.2, 0.25) is 0 Å². The van der Waals surface area contributed by atoms with E-state index >= 15 is 0 Å². The SMILES string of the molecule is CCS(=O)(=O)c1ccc(-n2cnc(C)n2)nc1-c1ncc(-c2ccc(OC(F)(F)F)cc2)n1C. The first kappa shape index (κ1) is 23.4. The van der Waals surface area contributed by atoms with Gasteiger partial charge in [-0.15, -0.1) is 13.2 Å². The van der Waals surface area contributed by atoms with E-state index < -0.39 is 16.2 Å². The van der Waals surface area contributed by atoms with Crippen molar-refractivity contribution in [1.82, 2.24) is 29.3 Å². The van der Waals surface area contributed by atoms with Gasteiger partial charge in [-0.25, -0.2) is 28.1 Å². The van der Waals surface area contributed by atoms with Crippen LogP contribution in [0.5, 0.6) is 5.75 Å². The van der Waals surface area contributed by atoms with Gasteiger partial charge in [-0.3, -0.25) is 0 Å². The first-order valence-electron chi connectivity index (χ1n) is 9.99. The molecule has 13 heteroatoms. The molecule has 0 aliphatic heterocycles. The zero-order chi connectivity index (χ0) is 24.7. The number of alkyl halides is 3. The number of nitrogens with zero attached hydrogens (tertiary/aromatic N) is 6. The van der Waals surface area contributed by atoms with Crippen LogP contribution in [0.25, 0.3) is 28.6 Å². The Kier molecular flexibility index (Phi) is 5.89. The maximum absolute atomic E-state index is 12.8. The standard InChI is InChI=1S/C21H19F3N6O3S/c1-4-34(31,32)17-9-10-18(30-12-26-13(2)28-30)27-19(17)20-25-11-16(29(20)3)14-5-7-15(8-6-14)33-21(22,23)24/h5-12H,4H2,1-3H3. The van der Waals surface area contributed by atoms with Crippen LogP contribution in [-0.2, 0) is 16.9 Å². The molecule has 0 bridgehead atoms. The number of aromatic nitrogens is 6. The number of halogens is 3. The highest BCUT2D eigenvalue weighted by molar-refractivity contribution is 7.91. The first-order chi connectivity index (χ1) is 16.0. The van der Waals surface area contributed by atoms with Crippen molar-refractivity contribution in [3.63, 3.8) is 0 Å². The monoisotopic (exact) mass is 492 g/mol. The highest BCUT2D eigenvalue weighted by Gasteiger charge is 2.31. The van der Waals surface area contributed by atoms with Crippen molar-refractivity contribution < 1.29 is 26.3 Å². The lowest BCUT2D eigenvalue weighted by Crippen LogP contribution is -2.16. The quantitative estimate of drug-likeness (QED) is 0.404. The van der Waals surface area contributed by atoms with Gasteiger partial charge < -0.3 is 9.30 Å². The molecule has 0 aliphatic carbocycles. The Balaban J connectivity index is 1.80. The molecule has 0 N–H and O–H groups in total. The molecule has 0 saturated heterocycles. The van der Waals surface area contributed by atoms with Crippen LogP contribution in [0, 0.1) is 6.92 Å². The number of hydrogen-bond acceptors (Lipinski definition) is 7. The Bertz CT molecular complexity index is 1440. The molecule has 0 fully saturated rings. The summed E-state index contributed by atoms with van der Waals surface area (Å²) in [4.78, 5) is 13.0. The van der Waals surface area contributed by atoms with E-state index in [1.165, 1.54) is 60.5 Å². The Hall–Kier alpha value is -3.74.